The van der Waals surface area contributed by atoms with Gasteiger partial charge in [0.1, 0.15) is 0 Å². The monoisotopic (exact) mass is 217 g/mol. The maximum absolute atomic E-state index is 11.6. The fourth-order valence-electron chi connectivity index (χ4n) is 1.23. The van der Waals surface area contributed by atoms with E-state index in [0.29, 0.717) is 13.1 Å². The number of likely N-dealkylation sites (N-methyl/N-ethyl adjacent to an activating group) is 1. The topological polar surface area (TPSA) is 45.2 Å². The molecule has 0 saturated heterocycles. The van der Waals surface area contributed by atoms with Crippen LogP contribution in [0.1, 0.15) is 5.56 Å². The van der Waals surface area contributed by atoms with Crippen LogP contribution in [0.5, 0.6) is 0 Å². The van der Waals surface area contributed by atoms with E-state index in [2.05, 4.69) is 16.2 Å². The van der Waals surface area contributed by atoms with Gasteiger partial charge in [-0.2, -0.15) is 0 Å². The molecule has 4 heteroatoms. The van der Waals surface area contributed by atoms with E-state index in [1.165, 1.54) is 0 Å². The quantitative estimate of drug-likeness (QED) is 0.568. The lowest BCUT2D eigenvalue weighted by atomic mass is 10.2. The van der Waals surface area contributed by atoms with E-state index < -0.39 is 0 Å². The third kappa shape index (κ3) is 4.11. The van der Waals surface area contributed by atoms with Crippen LogP contribution in [0.4, 0.5) is 0 Å². The highest BCUT2D eigenvalue weighted by atomic mass is 16.2. The van der Waals surface area contributed by atoms with Gasteiger partial charge < -0.3 is 4.90 Å². The molecule has 0 radical (unpaired) electrons. The molecule has 0 aliphatic heterocycles. The van der Waals surface area contributed by atoms with Crippen molar-refractivity contribution in [3.63, 3.8) is 0 Å². The summed E-state index contributed by atoms with van der Waals surface area (Å²) in [7, 11) is 1.76. The Morgan fingerprint density at radius 2 is 2.50 bits per heavy atom. The molecule has 0 aliphatic rings. The van der Waals surface area contributed by atoms with E-state index >= 15 is 0 Å². The molecule has 84 valence electrons. The molecule has 0 atom stereocenters. The molecule has 1 N–H and O–H groups in total. The van der Waals surface area contributed by atoms with Crippen molar-refractivity contribution in [3.05, 3.63) is 30.1 Å². The number of carbonyl (C=O) groups is 1. The number of aromatic nitrogens is 1. The second-order valence-electron chi connectivity index (χ2n) is 3.42. The Balaban J connectivity index is 2.38. The Bertz CT molecular complexity index is 370. The smallest absolute Gasteiger partial charge is 0.236 e. The van der Waals surface area contributed by atoms with Gasteiger partial charge in [-0.05, 0) is 11.6 Å². The summed E-state index contributed by atoms with van der Waals surface area (Å²) in [6.45, 7) is 1.23. The average molecular weight is 217 g/mol. The molecule has 1 aromatic rings. The first-order chi connectivity index (χ1) is 7.74. The van der Waals surface area contributed by atoms with Gasteiger partial charge in [0.2, 0.25) is 5.91 Å². The van der Waals surface area contributed by atoms with Crippen molar-refractivity contribution >= 4 is 5.91 Å². The van der Waals surface area contributed by atoms with E-state index in [9.17, 15) is 4.79 Å². The van der Waals surface area contributed by atoms with Crippen molar-refractivity contribution in [1.82, 2.24) is 15.2 Å². The van der Waals surface area contributed by atoms with Crippen molar-refractivity contribution in [2.24, 2.45) is 0 Å². The first-order valence-corrected chi connectivity index (χ1v) is 5.01. The first kappa shape index (κ1) is 12.2. The largest absolute Gasteiger partial charge is 0.340 e. The number of terminal acetylenes is 1. The summed E-state index contributed by atoms with van der Waals surface area (Å²) in [5, 5.41) is 2.86. The lowest BCUT2D eigenvalue weighted by Gasteiger charge is -2.16. The summed E-state index contributed by atoms with van der Waals surface area (Å²) < 4.78 is 0. The molecule has 0 fully saturated rings. The highest BCUT2D eigenvalue weighted by molar-refractivity contribution is 5.77. The lowest BCUT2D eigenvalue weighted by Crippen LogP contribution is -2.35. The van der Waals surface area contributed by atoms with Gasteiger partial charge >= 0.3 is 0 Å². The lowest BCUT2D eigenvalue weighted by molar-refractivity contribution is -0.129. The van der Waals surface area contributed by atoms with Gasteiger partial charge in [-0.3, -0.25) is 15.1 Å². The van der Waals surface area contributed by atoms with E-state index in [1.54, 1.807) is 24.3 Å². The van der Waals surface area contributed by atoms with E-state index in [4.69, 9.17) is 6.42 Å². The van der Waals surface area contributed by atoms with Gasteiger partial charge in [0, 0.05) is 26.0 Å². The summed E-state index contributed by atoms with van der Waals surface area (Å²) in [5.74, 6) is 2.43. The van der Waals surface area contributed by atoms with Crippen LogP contribution in [-0.2, 0) is 11.3 Å². The van der Waals surface area contributed by atoms with Crippen LogP contribution in [0.2, 0.25) is 0 Å². The van der Waals surface area contributed by atoms with Crippen LogP contribution in [0.25, 0.3) is 0 Å². The van der Waals surface area contributed by atoms with E-state index in [0.717, 1.165) is 5.56 Å². The predicted molar refractivity (Wildman–Crippen MR) is 62.4 cm³/mol. The molecule has 0 aliphatic carbocycles. The molecule has 1 aromatic heterocycles. The number of pyridine rings is 1. The zero-order valence-electron chi connectivity index (χ0n) is 9.31. The molecule has 1 amide bonds. The highest BCUT2D eigenvalue weighted by Crippen LogP contribution is 2.00. The van der Waals surface area contributed by atoms with E-state index in [1.807, 2.05) is 12.1 Å². The van der Waals surface area contributed by atoms with Gasteiger partial charge in [0.25, 0.3) is 0 Å². The molecule has 1 heterocycles. The average Bonchev–Trinajstić information content (AvgIpc) is 2.30. The molecule has 0 saturated carbocycles. The number of carbonyl (C=O) groups excluding carboxylic acids is 1. The third-order valence-electron chi connectivity index (χ3n) is 2.07. The van der Waals surface area contributed by atoms with Crippen molar-refractivity contribution in [3.8, 4) is 12.3 Å². The molecule has 0 unspecified atom stereocenters. The zero-order valence-corrected chi connectivity index (χ0v) is 9.31. The predicted octanol–water partition coefficient (Wildman–Crippen LogP) is 0.263. The van der Waals surface area contributed by atoms with Crippen LogP contribution in [-0.4, -0.2) is 35.9 Å². The number of hydrogen-bond donors (Lipinski definition) is 1. The number of amides is 1. The Labute approximate surface area is 95.7 Å². The first-order valence-electron chi connectivity index (χ1n) is 5.01. The summed E-state index contributed by atoms with van der Waals surface area (Å²) in [6, 6.07) is 3.79. The van der Waals surface area contributed by atoms with Crippen molar-refractivity contribution in [1.29, 1.82) is 0 Å². The number of nitrogens with one attached hydrogen (secondary N) is 1. The Morgan fingerprint density at radius 3 is 3.12 bits per heavy atom. The minimum Gasteiger partial charge on any atom is -0.340 e. The zero-order chi connectivity index (χ0) is 11.8. The third-order valence-corrected chi connectivity index (χ3v) is 2.07. The number of hydrogen-bond acceptors (Lipinski definition) is 3. The molecule has 4 nitrogen and oxygen atoms in total. The minimum atomic E-state index is 0.0131. The van der Waals surface area contributed by atoms with Gasteiger partial charge in [-0.25, -0.2) is 0 Å². The van der Waals surface area contributed by atoms with Crippen LogP contribution >= 0.6 is 0 Å². The van der Waals surface area contributed by atoms with Crippen LogP contribution in [0.15, 0.2) is 24.5 Å². The summed E-state index contributed by atoms with van der Waals surface area (Å²) in [5.41, 5.74) is 1.01. The second kappa shape index (κ2) is 6.59. The minimum absolute atomic E-state index is 0.0131. The van der Waals surface area contributed by atoms with E-state index in [-0.39, 0.29) is 12.5 Å². The van der Waals surface area contributed by atoms with Gasteiger partial charge in [-0.1, -0.05) is 12.0 Å². The molecule has 0 aromatic carbocycles. The molecule has 0 spiro atoms. The number of nitrogens with zero attached hydrogens (tertiary/aromatic N) is 2. The highest BCUT2D eigenvalue weighted by Gasteiger charge is 2.07. The fourth-order valence-corrected chi connectivity index (χ4v) is 1.23. The van der Waals surface area contributed by atoms with Gasteiger partial charge in [0.15, 0.2) is 0 Å². The SMILES string of the molecule is C#CCNCC(=O)N(C)Cc1cccnc1. The summed E-state index contributed by atoms with van der Waals surface area (Å²) >= 11 is 0. The normalized spacial score (nSPS) is 9.50. The van der Waals surface area contributed by atoms with Crippen LogP contribution < -0.4 is 5.32 Å². The van der Waals surface area contributed by atoms with Crippen molar-refractivity contribution in [2.45, 2.75) is 6.54 Å². The van der Waals surface area contributed by atoms with Gasteiger partial charge in [0.05, 0.1) is 13.1 Å². The van der Waals surface area contributed by atoms with Gasteiger partial charge in [-0.15, -0.1) is 6.42 Å². The number of rotatable bonds is 5. The van der Waals surface area contributed by atoms with Crippen LogP contribution in [0, 0.1) is 12.3 Å². The fraction of sp³-hybridized carbons (Fsp3) is 0.333. The Kier molecular flexibility index (Phi) is 5.03. The molecule has 0 bridgehead atoms. The molecule has 1 rings (SSSR count). The molecular formula is C12H15N3O. The maximum atomic E-state index is 11.6. The second-order valence-corrected chi connectivity index (χ2v) is 3.42. The standard InChI is InChI=1S/C12H15N3O/c1-3-6-13-9-12(16)15(2)10-11-5-4-7-14-8-11/h1,4-5,7-8,13H,6,9-10H2,2H3. The van der Waals surface area contributed by atoms with Crippen LogP contribution in [0.3, 0.4) is 0 Å². The van der Waals surface area contributed by atoms with Crippen molar-refractivity contribution in [2.75, 3.05) is 20.1 Å². The molecular weight excluding hydrogens is 202 g/mol. The Morgan fingerprint density at radius 1 is 1.69 bits per heavy atom. The summed E-state index contributed by atoms with van der Waals surface area (Å²) in [4.78, 5) is 17.2. The summed E-state index contributed by atoms with van der Waals surface area (Å²) in [6.07, 6.45) is 8.53. The Hall–Kier alpha value is -1.86. The maximum Gasteiger partial charge on any atom is 0.236 e. The van der Waals surface area contributed by atoms with Crippen molar-refractivity contribution < 1.29 is 4.79 Å². The molecule has 16 heavy (non-hydrogen) atoms.